The molecule has 0 saturated carbocycles. The zero-order valence-corrected chi connectivity index (χ0v) is 25.9. The molecule has 1 saturated heterocycles. The van der Waals surface area contributed by atoms with Crippen molar-refractivity contribution in [3.05, 3.63) is 70.9 Å². The number of hydrogen-bond donors (Lipinski definition) is 0. The van der Waals surface area contributed by atoms with Gasteiger partial charge in [0, 0.05) is 48.9 Å². The van der Waals surface area contributed by atoms with E-state index in [4.69, 9.17) is 25.8 Å². The van der Waals surface area contributed by atoms with Crippen molar-refractivity contribution in [3.8, 4) is 17.4 Å². The lowest BCUT2D eigenvalue weighted by atomic mass is 9.81. The van der Waals surface area contributed by atoms with Crippen molar-refractivity contribution < 1.29 is 41.0 Å². The van der Waals surface area contributed by atoms with Crippen LogP contribution in [0.4, 0.5) is 14.5 Å². The van der Waals surface area contributed by atoms with Crippen LogP contribution in [-0.4, -0.2) is 88.9 Å². The van der Waals surface area contributed by atoms with Crippen molar-refractivity contribution >= 4 is 39.1 Å². The van der Waals surface area contributed by atoms with Crippen LogP contribution in [0.3, 0.4) is 0 Å². The normalized spacial score (nSPS) is 21.2. The first-order valence-corrected chi connectivity index (χ1v) is 15.0. The van der Waals surface area contributed by atoms with Crippen molar-refractivity contribution in [1.29, 1.82) is 0 Å². The van der Waals surface area contributed by atoms with Gasteiger partial charge in [0.2, 0.25) is 11.8 Å². The average Bonchev–Trinajstić information content (AvgIpc) is 3.46. The summed E-state index contributed by atoms with van der Waals surface area (Å²) in [6.45, 7) is -1.06. The molecule has 5 rings (SSSR count). The summed E-state index contributed by atoms with van der Waals surface area (Å²) in [6, 6.07) is 9.27. The van der Waals surface area contributed by atoms with Crippen LogP contribution in [0.15, 0.2) is 59.6 Å². The summed E-state index contributed by atoms with van der Waals surface area (Å²) < 4.78 is 76.3. The van der Waals surface area contributed by atoms with E-state index in [1.807, 2.05) is 0 Å². The number of carbonyl (C=O) groups is 2. The number of likely N-dealkylation sites (tertiary alicyclic amines) is 1. The lowest BCUT2D eigenvalue weighted by molar-refractivity contribution is -0.138. The molecule has 3 heterocycles. The third-order valence-corrected chi connectivity index (χ3v) is 9.70. The lowest BCUT2D eigenvalue weighted by Crippen LogP contribution is -2.59. The first-order chi connectivity index (χ1) is 20.7. The van der Waals surface area contributed by atoms with Gasteiger partial charge in [0.05, 0.1) is 39.6 Å². The van der Waals surface area contributed by atoms with Gasteiger partial charge in [-0.15, -0.1) is 0 Å². The number of rotatable bonds is 8. The largest absolute Gasteiger partial charge is 0.497 e. The molecule has 15 heteroatoms. The number of pyridine rings is 1. The molecular formula is C29H29ClF2N4O7S. The van der Waals surface area contributed by atoms with Crippen LogP contribution in [-0.2, 0) is 25.2 Å². The topological polar surface area (TPSA) is 119 Å². The fraction of sp³-hybridized carbons (Fsp3) is 0.345. The molecule has 0 aliphatic carbocycles. The highest BCUT2D eigenvalue weighted by Gasteiger charge is 2.66. The minimum atomic E-state index is -4.80. The van der Waals surface area contributed by atoms with Gasteiger partial charge in [-0.3, -0.25) is 14.5 Å². The van der Waals surface area contributed by atoms with Gasteiger partial charge in [0.1, 0.15) is 16.4 Å². The number of ether oxygens (including phenoxy) is 3. The highest BCUT2D eigenvalue weighted by molar-refractivity contribution is 7.93. The molecule has 3 aromatic rings. The molecule has 1 aromatic heterocycles. The van der Waals surface area contributed by atoms with E-state index in [1.165, 1.54) is 90.2 Å². The summed E-state index contributed by atoms with van der Waals surface area (Å²) in [5.41, 5.74) is -2.60. The first kappa shape index (κ1) is 31.4. The molecule has 2 aliphatic heterocycles. The van der Waals surface area contributed by atoms with Gasteiger partial charge < -0.3 is 19.1 Å². The van der Waals surface area contributed by atoms with Crippen LogP contribution < -0.4 is 18.5 Å². The van der Waals surface area contributed by atoms with E-state index in [-0.39, 0.29) is 33.5 Å². The summed E-state index contributed by atoms with van der Waals surface area (Å²) in [5, 5.41) is 0.0894. The van der Waals surface area contributed by atoms with Crippen molar-refractivity contribution in [3.63, 3.8) is 0 Å². The second-order valence-corrected chi connectivity index (χ2v) is 12.7. The molecule has 1 unspecified atom stereocenters. The quantitative estimate of drug-likeness (QED) is 0.361. The Morgan fingerprint density at radius 3 is 2.41 bits per heavy atom. The number of alkyl halides is 2. The number of amides is 2. The van der Waals surface area contributed by atoms with E-state index in [1.54, 1.807) is 0 Å². The highest BCUT2D eigenvalue weighted by Crippen LogP contribution is 2.56. The standard InChI is InChI=1S/C29H29ClF2N4O7S/c1-34(2)26(37)22-15-28(31,32)16-35(22)29(19-7-6-12-33-25(19)43-5)20-13-17(30)8-10-21(20)36(27(29)38)44(39,40)24-11-9-18(41-3)14-23(24)42-4/h6-14,22H,15-16H2,1-5H3/t22?,29-/m1/s1. The second kappa shape index (κ2) is 11.2. The molecule has 2 amide bonds. The van der Waals surface area contributed by atoms with Crippen LogP contribution in [0.2, 0.25) is 5.02 Å². The molecule has 0 spiro atoms. The van der Waals surface area contributed by atoms with Crippen molar-refractivity contribution in [1.82, 2.24) is 14.8 Å². The van der Waals surface area contributed by atoms with E-state index in [0.717, 1.165) is 9.80 Å². The van der Waals surface area contributed by atoms with Crippen LogP contribution in [0, 0.1) is 0 Å². The predicted octanol–water partition coefficient (Wildman–Crippen LogP) is 3.54. The van der Waals surface area contributed by atoms with E-state index < -0.39 is 57.2 Å². The number of nitrogens with zero attached hydrogens (tertiary/aromatic N) is 4. The van der Waals surface area contributed by atoms with Crippen LogP contribution >= 0.6 is 11.6 Å². The van der Waals surface area contributed by atoms with Crippen LogP contribution in [0.5, 0.6) is 17.4 Å². The Hall–Kier alpha value is -4.01. The summed E-state index contributed by atoms with van der Waals surface area (Å²) in [7, 11) is 1.92. The zero-order valence-electron chi connectivity index (χ0n) is 24.4. The third-order valence-electron chi connectivity index (χ3n) is 7.73. The maximum atomic E-state index is 15.4. The smallest absolute Gasteiger partial charge is 0.274 e. The van der Waals surface area contributed by atoms with Gasteiger partial charge in [-0.05, 0) is 42.5 Å². The number of benzene rings is 2. The molecule has 2 aromatic carbocycles. The molecule has 44 heavy (non-hydrogen) atoms. The monoisotopic (exact) mass is 650 g/mol. The summed E-state index contributed by atoms with van der Waals surface area (Å²) in [6.07, 6.45) is 0.447. The number of halogens is 3. The zero-order chi connectivity index (χ0) is 32.2. The summed E-state index contributed by atoms with van der Waals surface area (Å²) >= 11 is 6.43. The van der Waals surface area contributed by atoms with Crippen LogP contribution in [0.25, 0.3) is 0 Å². The van der Waals surface area contributed by atoms with E-state index in [0.29, 0.717) is 10.1 Å². The summed E-state index contributed by atoms with van der Waals surface area (Å²) in [4.78, 5) is 34.5. The minimum Gasteiger partial charge on any atom is -0.497 e. The van der Waals surface area contributed by atoms with Crippen molar-refractivity contribution in [2.24, 2.45) is 0 Å². The Kier molecular flexibility index (Phi) is 7.97. The molecule has 0 bridgehead atoms. The highest BCUT2D eigenvalue weighted by atomic mass is 35.5. The van der Waals surface area contributed by atoms with E-state index >= 15 is 13.6 Å². The Balaban J connectivity index is 1.88. The Morgan fingerprint density at radius 2 is 1.77 bits per heavy atom. The van der Waals surface area contributed by atoms with Gasteiger partial charge in [-0.1, -0.05) is 11.6 Å². The number of carbonyl (C=O) groups excluding carboxylic acids is 2. The Bertz CT molecular complexity index is 1760. The number of likely N-dealkylation sites (N-methyl/N-ethyl adjacent to an activating group) is 1. The molecule has 1 fully saturated rings. The van der Waals surface area contributed by atoms with Gasteiger partial charge in [-0.25, -0.2) is 26.5 Å². The van der Waals surface area contributed by atoms with Gasteiger partial charge >= 0.3 is 0 Å². The van der Waals surface area contributed by atoms with Crippen molar-refractivity contribution in [2.45, 2.75) is 28.8 Å². The van der Waals surface area contributed by atoms with Gasteiger partial charge in [-0.2, -0.15) is 0 Å². The number of anilines is 1. The lowest BCUT2D eigenvalue weighted by Gasteiger charge is -2.41. The Labute approximate surface area is 257 Å². The molecular weight excluding hydrogens is 622 g/mol. The fourth-order valence-corrected chi connectivity index (χ4v) is 7.66. The van der Waals surface area contributed by atoms with E-state index in [9.17, 15) is 13.2 Å². The molecule has 2 aliphatic rings. The predicted molar refractivity (Wildman–Crippen MR) is 156 cm³/mol. The van der Waals surface area contributed by atoms with E-state index in [2.05, 4.69) is 4.98 Å². The average molecular weight is 651 g/mol. The maximum absolute atomic E-state index is 15.4. The van der Waals surface area contributed by atoms with Gasteiger partial charge in [0.25, 0.3) is 21.9 Å². The maximum Gasteiger partial charge on any atom is 0.274 e. The minimum absolute atomic E-state index is 0.0494. The van der Waals surface area contributed by atoms with Crippen molar-refractivity contribution in [2.75, 3.05) is 46.3 Å². The number of sulfonamides is 1. The number of fused-ring (bicyclic) bond motifs is 1. The fourth-order valence-electron chi connectivity index (χ4n) is 5.88. The Morgan fingerprint density at radius 1 is 1.05 bits per heavy atom. The number of methoxy groups -OCH3 is 3. The first-order valence-electron chi connectivity index (χ1n) is 13.2. The molecule has 234 valence electrons. The van der Waals surface area contributed by atoms with Gasteiger partial charge in [0.15, 0.2) is 5.54 Å². The third kappa shape index (κ3) is 4.72. The number of aromatic nitrogens is 1. The molecule has 0 N–H and O–H groups in total. The SMILES string of the molecule is COc1ccc(S(=O)(=O)N2C(=O)[C@](c3cccnc3OC)(N3CC(F)(F)CC3C(=O)N(C)C)c3cc(Cl)ccc32)c(OC)c1. The molecule has 2 atom stereocenters. The molecule has 0 radical (unpaired) electrons. The summed E-state index contributed by atoms with van der Waals surface area (Å²) in [5.74, 6) is -5.27. The molecule has 11 nitrogen and oxygen atoms in total. The second-order valence-electron chi connectivity index (χ2n) is 10.5. The number of hydrogen-bond acceptors (Lipinski definition) is 9. The van der Waals surface area contributed by atoms with Crippen LogP contribution in [0.1, 0.15) is 17.5 Å².